The van der Waals surface area contributed by atoms with Crippen molar-refractivity contribution in [3.8, 4) is 0 Å². The molecule has 0 aromatic rings. The van der Waals surface area contributed by atoms with E-state index in [0.29, 0.717) is 0 Å². The van der Waals surface area contributed by atoms with Crippen LogP contribution in [0.15, 0.2) is 0 Å². The summed E-state index contributed by atoms with van der Waals surface area (Å²) in [6.07, 6.45) is 1.03. The van der Waals surface area contributed by atoms with Gasteiger partial charge in [0.25, 0.3) is 0 Å². The summed E-state index contributed by atoms with van der Waals surface area (Å²) in [5.41, 5.74) is -0.480. The second-order valence-corrected chi connectivity index (χ2v) is 5.63. The van der Waals surface area contributed by atoms with E-state index in [4.69, 9.17) is 0 Å². The lowest BCUT2D eigenvalue weighted by Gasteiger charge is -2.25. The lowest BCUT2D eigenvalue weighted by Crippen LogP contribution is -2.53. The monoisotopic (exact) mass is 232 g/mol. The van der Waals surface area contributed by atoms with Gasteiger partial charge in [0.1, 0.15) is 0 Å². The molecular formula is C11H24N2OS. The molecule has 0 aromatic carbocycles. The fraction of sp³-hybridized carbons (Fsp3) is 0.909. The van der Waals surface area contributed by atoms with Crippen molar-refractivity contribution >= 4 is 17.7 Å². The molecule has 4 heteroatoms. The molecular weight excluding hydrogens is 208 g/mol. The average Bonchev–Trinajstić information content (AvgIpc) is 2.18. The lowest BCUT2D eigenvalue weighted by molar-refractivity contribution is -0.126. The zero-order valence-corrected chi connectivity index (χ0v) is 11.3. The van der Waals surface area contributed by atoms with E-state index < -0.39 is 5.54 Å². The maximum atomic E-state index is 11.8. The Morgan fingerprint density at radius 2 is 2.07 bits per heavy atom. The maximum absolute atomic E-state index is 11.8. The standard InChI is InChI=1S/C11H24N2OS/c1-6-15-8-7-9(2)13-10(14)11(3,4)12-5/h9,12H,6-8H2,1-5H3,(H,13,14). The van der Waals surface area contributed by atoms with Gasteiger partial charge >= 0.3 is 0 Å². The molecule has 1 unspecified atom stereocenters. The number of carbonyl (C=O) groups excluding carboxylic acids is 1. The van der Waals surface area contributed by atoms with Crippen molar-refractivity contribution in [1.29, 1.82) is 0 Å². The summed E-state index contributed by atoms with van der Waals surface area (Å²) in [4.78, 5) is 11.8. The largest absolute Gasteiger partial charge is 0.352 e. The zero-order chi connectivity index (χ0) is 11.9. The number of thioether (sulfide) groups is 1. The highest BCUT2D eigenvalue weighted by molar-refractivity contribution is 7.99. The van der Waals surface area contributed by atoms with Gasteiger partial charge in [0.15, 0.2) is 0 Å². The van der Waals surface area contributed by atoms with Crippen molar-refractivity contribution in [3.63, 3.8) is 0 Å². The van der Waals surface area contributed by atoms with Crippen LogP contribution in [0.5, 0.6) is 0 Å². The Balaban J connectivity index is 3.86. The van der Waals surface area contributed by atoms with Gasteiger partial charge in [0.05, 0.1) is 5.54 Å². The highest BCUT2D eigenvalue weighted by Gasteiger charge is 2.25. The van der Waals surface area contributed by atoms with E-state index >= 15 is 0 Å². The first-order chi connectivity index (χ1) is 6.94. The Morgan fingerprint density at radius 3 is 2.53 bits per heavy atom. The smallest absolute Gasteiger partial charge is 0.239 e. The Morgan fingerprint density at radius 1 is 1.47 bits per heavy atom. The van der Waals surface area contributed by atoms with Gasteiger partial charge in [-0.3, -0.25) is 4.79 Å². The van der Waals surface area contributed by atoms with E-state index in [1.54, 1.807) is 7.05 Å². The highest BCUT2D eigenvalue weighted by Crippen LogP contribution is 2.06. The quantitative estimate of drug-likeness (QED) is 0.656. The van der Waals surface area contributed by atoms with E-state index in [1.165, 1.54) is 0 Å². The Labute approximate surface area is 97.8 Å². The van der Waals surface area contributed by atoms with E-state index in [0.717, 1.165) is 17.9 Å². The van der Waals surface area contributed by atoms with Crippen molar-refractivity contribution < 1.29 is 4.79 Å². The van der Waals surface area contributed by atoms with Gasteiger partial charge in [-0.15, -0.1) is 0 Å². The summed E-state index contributed by atoms with van der Waals surface area (Å²) in [5.74, 6) is 2.32. The van der Waals surface area contributed by atoms with Crippen molar-refractivity contribution in [2.45, 2.75) is 45.7 Å². The minimum Gasteiger partial charge on any atom is -0.352 e. The Bertz CT molecular complexity index is 195. The van der Waals surface area contributed by atoms with Crippen LogP contribution in [-0.4, -0.2) is 36.0 Å². The molecule has 90 valence electrons. The molecule has 0 aliphatic carbocycles. The van der Waals surface area contributed by atoms with Crippen LogP contribution in [0.1, 0.15) is 34.1 Å². The molecule has 2 N–H and O–H groups in total. The average molecular weight is 232 g/mol. The minimum atomic E-state index is -0.480. The molecule has 3 nitrogen and oxygen atoms in total. The SMILES string of the molecule is CCSCCC(C)NC(=O)C(C)(C)NC. The molecule has 0 aliphatic rings. The number of rotatable bonds is 7. The van der Waals surface area contributed by atoms with E-state index in [1.807, 2.05) is 25.6 Å². The number of likely N-dealkylation sites (N-methyl/N-ethyl adjacent to an activating group) is 1. The Kier molecular flexibility index (Phi) is 7.02. The molecule has 1 atom stereocenters. The van der Waals surface area contributed by atoms with Crippen LogP contribution in [0, 0.1) is 0 Å². The van der Waals surface area contributed by atoms with Gasteiger partial charge in [-0.05, 0) is 45.7 Å². The number of hydrogen-bond acceptors (Lipinski definition) is 3. The van der Waals surface area contributed by atoms with Crippen LogP contribution in [0.2, 0.25) is 0 Å². The van der Waals surface area contributed by atoms with Crippen LogP contribution in [-0.2, 0) is 4.79 Å². The first-order valence-corrected chi connectivity index (χ1v) is 6.67. The minimum absolute atomic E-state index is 0.0685. The lowest BCUT2D eigenvalue weighted by atomic mass is 10.0. The van der Waals surface area contributed by atoms with E-state index in [9.17, 15) is 4.79 Å². The number of amides is 1. The van der Waals surface area contributed by atoms with E-state index in [2.05, 4.69) is 24.5 Å². The molecule has 15 heavy (non-hydrogen) atoms. The van der Waals surface area contributed by atoms with Crippen LogP contribution in [0.4, 0.5) is 0 Å². The van der Waals surface area contributed by atoms with Gasteiger partial charge in [0, 0.05) is 6.04 Å². The summed E-state index contributed by atoms with van der Waals surface area (Å²) in [7, 11) is 1.80. The highest BCUT2D eigenvalue weighted by atomic mass is 32.2. The molecule has 0 saturated carbocycles. The molecule has 0 rings (SSSR count). The molecule has 0 bridgehead atoms. The van der Waals surface area contributed by atoms with Gasteiger partial charge in [-0.25, -0.2) is 0 Å². The fourth-order valence-corrected chi connectivity index (χ4v) is 1.80. The first-order valence-electron chi connectivity index (χ1n) is 5.51. The van der Waals surface area contributed by atoms with Gasteiger partial charge in [-0.1, -0.05) is 6.92 Å². The third-order valence-electron chi connectivity index (χ3n) is 2.47. The fourth-order valence-electron chi connectivity index (χ4n) is 0.994. The van der Waals surface area contributed by atoms with Crippen LogP contribution in [0.3, 0.4) is 0 Å². The third-order valence-corrected chi connectivity index (χ3v) is 3.40. The van der Waals surface area contributed by atoms with Crippen LogP contribution in [0.25, 0.3) is 0 Å². The van der Waals surface area contributed by atoms with Gasteiger partial charge < -0.3 is 10.6 Å². The van der Waals surface area contributed by atoms with E-state index in [-0.39, 0.29) is 11.9 Å². The van der Waals surface area contributed by atoms with Crippen LogP contribution >= 0.6 is 11.8 Å². The molecule has 0 aliphatic heterocycles. The molecule has 0 spiro atoms. The van der Waals surface area contributed by atoms with Crippen molar-refractivity contribution in [2.24, 2.45) is 0 Å². The van der Waals surface area contributed by atoms with Crippen LogP contribution < -0.4 is 10.6 Å². The maximum Gasteiger partial charge on any atom is 0.239 e. The van der Waals surface area contributed by atoms with Crippen molar-refractivity contribution in [3.05, 3.63) is 0 Å². The Hall–Kier alpha value is -0.220. The number of nitrogens with one attached hydrogen (secondary N) is 2. The molecule has 0 heterocycles. The van der Waals surface area contributed by atoms with Gasteiger partial charge in [0.2, 0.25) is 5.91 Å². The predicted molar refractivity (Wildman–Crippen MR) is 68.4 cm³/mol. The molecule has 0 saturated heterocycles. The second kappa shape index (κ2) is 7.12. The molecule has 1 amide bonds. The number of carbonyl (C=O) groups is 1. The predicted octanol–water partition coefficient (Wildman–Crippen LogP) is 1.63. The third kappa shape index (κ3) is 6.05. The summed E-state index contributed by atoms with van der Waals surface area (Å²) >= 11 is 1.91. The van der Waals surface area contributed by atoms with Crippen molar-refractivity contribution in [2.75, 3.05) is 18.6 Å². The number of hydrogen-bond donors (Lipinski definition) is 2. The molecule has 0 aromatic heterocycles. The summed E-state index contributed by atoms with van der Waals surface area (Å²) < 4.78 is 0. The molecule has 0 radical (unpaired) electrons. The summed E-state index contributed by atoms with van der Waals surface area (Å²) in [5, 5.41) is 6.01. The van der Waals surface area contributed by atoms with Gasteiger partial charge in [-0.2, -0.15) is 11.8 Å². The second-order valence-electron chi connectivity index (χ2n) is 4.24. The molecule has 0 fully saturated rings. The summed E-state index contributed by atoms with van der Waals surface area (Å²) in [6.45, 7) is 7.98. The normalized spacial score (nSPS) is 13.7. The topological polar surface area (TPSA) is 41.1 Å². The summed E-state index contributed by atoms with van der Waals surface area (Å²) in [6, 6.07) is 0.254. The first kappa shape index (κ1) is 14.8. The zero-order valence-electron chi connectivity index (χ0n) is 10.5. The van der Waals surface area contributed by atoms with Crippen molar-refractivity contribution in [1.82, 2.24) is 10.6 Å².